The van der Waals surface area contributed by atoms with E-state index in [1.54, 1.807) is 25.3 Å². The van der Waals surface area contributed by atoms with Crippen molar-refractivity contribution in [2.24, 2.45) is 0 Å². The van der Waals surface area contributed by atoms with Gasteiger partial charge in [0.25, 0.3) is 5.56 Å². The minimum absolute atomic E-state index is 0.213. The van der Waals surface area contributed by atoms with Crippen LogP contribution in [-0.4, -0.2) is 35.1 Å². The minimum atomic E-state index is -0.300. The number of hydrogen-bond donors (Lipinski definition) is 1. The number of benzene rings is 1. The molecular weight excluding hydrogens is 364 g/mol. The molecule has 1 amide bonds. The summed E-state index contributed by atoms with van der Waals surface area (Å²) in [6.07, 6.45) is 2.02. The van der Waals surface area contributed by atoms with Gasteiger partial charge in [-0.05, 0) is 30.7 Å². The molecule has 1 aromatic carbocycles. The number of ether oxygens (including phenoxy) is 2. The molecule has 0 bridgehead atoms. The van der Waals surface area contributed by atoms with Gasteiger partial charge >= 0.3 is 0 Å². The molecule has 0 saturated carbocycles. The van der Waals surface area contributed by atoms with Crippen LogP contribution in [0.1, 0.15) is 12.8 Å². The van der Waals surface area contributed by atoms with Crippen molar-refractivity contribution < 1.29 is 18.8 Å². The Morgan fingerprint density at radius 2 is 1.96 bits per heavy atom. The summed E-state index contributed by atoms with van der Waals surface area (Å²) in [5.74, 6) is 1.24. The Balaban J connectivity index is 1.72. The first-order valence-corrected chi connectivity index (χ1v) is 8.61. The van der Waals surface area contributed by atoms with Crippen LogP contribution in [0.15, 0.2) is 52.0 Å². The summed E-state index contributed by atoms with van der Waals surface area (Å²) in [7, 11) is 3.08. The molecule has 28 heavy (non-hydrogen) atoms. The van der Waals surface area contributed by atoms with Crippen LogP contribution in [0.25, 0.3) is 11.3 Å². The first-order valence-electron chi connectivity index (χ1n) is 8.61. The number of anilines is 1. The Kier molecular flexibility index (Phi) is 6.05. The molecule has 2 heterocycles. The topological polar surface area (TPSA) is 108 Å². The summed E-state index contributed by atoms with van der Waals surface area (Å²) in [5, 5.41) is 10.6. The van der Waals surface area contributed by atoms with Gasteiger partial charge in [0.05, 0.1) is 14.2 Å². The molecule has 146 valence electrons. The zero-order chi connectivity index (χ0) is 19.9. The molecule has 0 aliphatic rings. The third kappa shape index (κ3) is 4.56. The van der Waals surface area contributed by atoms with Crippen LogP contribution in [0.5, 0.6) is 11.5 Å². The number of methoxy groups -OCH3 is 2. The standard InChI is InChI=1S/C19H20N4O5/c1-26-14-7-5-13(6-8-14)19-15(27-2)12-18(25)23(21-19)10-3-4-17(24)20-16-9-11-28-22-16/h5-9,11-12H,3-4,10H2,1-2H3,(H,20,22,24). The Bertz CT molecular complexity index is 981. The normalized spacial score (nSPS) is 10.5. The molecule has 0 aliphatic heterocycles. The third-order valence-electron chi connectivity index (χ3n) is 4.03. The molecule has 0 aliphatic carbocycles. The fraction of sp³-hybridized carbons (Fsp3) is 0.263. The first-order chi connectivity index (χ1) is 13.6. The molecule has 3 rings (SSSR count). The number of rotatable bonds is 8. The Morgan fingerprint density at radius 3 is 2.61 bits per heavy atom. The van der Waals surface area contributed by atoms with Crippen molar-refractivity contribution in [2.75, 3.05) is 19.5 Å². The van der Waals surface area contributed by atoms with E-state index in [1.165, 1.54) is 24.1 Å². The van der Waals surface area contributed by atoms with Gasteiger partial charge in [-0.15, -0.1) is 0 Å². The fourth-order valence-corrected chi connectivity index (χ4v) is 2.61. The van der Waals surface area contributed by atoms with Gasteiger partial charge in [-0.3, -0.25) is 9.59 Å². The molecule has 0 spiro atoms. The molecule has 3 aromatic rings. The molecule has 9 heteroatoms. The number of aromatic nitrogens is 3. The van der Waals surface area contributed by atoms with Crippen molar-refractivity contribution in [1.29, 1.82) is 0 Å². The summed E-state index contributed by atoms with van der Waals surface area (Å²) in [6.45, 7) is 0.290. The van der Waals surface area contributed by atoms with Gasteiger partial charge < -0.3 is 19.3 Å². The SMILES string of the molecule is COc1ccc(-c2nn(CCCC(=O)Nc3ccon3)c(=O)cc2OC)cc1. The summed E-state index contributed by atoms with van der Waals surface area (Å²) in [6, 6.07) is 10.2. The van der Waals surface area contributed by atoms with Crippen molar-refractivity contribution in [3.63, 3.8) is 0 Å². The van der Waals surface area contributed by atoms with Crippen LogP contribution in [0, 0.1) is 0 Å². The summed E-state index contributed by atoms with van der Waals surface area (Å²) in [5.41, 5.74) is 1.03. The molecule has 0 radical (unpaired) electrons. The Labute approximate surface area is 160 Å². The van der Waals surface area contributed by atoms with Crippen LogP contribution in [-0.2, 0) is 11.3 Å². The highest BCUT2D eigenvalue weighted by Gasteiger charge is 2.13. The van der Waals surface area contributed by atoms with Gasteiger partial charge in [0, 0.05) is 30.7 Å². The van der Waals surface area contributed by atoms with Crippen LogP contribution in [0.4, 0.5) is 5.82 Å². The molecular formula is C19H20N4O5. The van der Waals surface area contributed by atoms with E-state index in [4.69, 9.17) is 9.47 Å². The van der Waals surface area contributed by atoms with Crippen LogP contribution in [0.2, 0.25) is 0 Å². The number of aryl methyl sites for hydroxylation is 1. The van der Waals surface area contributed by atoms with Gasteiger partial charge in [-0.1, -0.05) is 5.16 Å². The highest BCUT2D eigenvalue weighted by Crippen LogP contribution is 2.27. The highest BCUT2D eigenvalue weighted by molar-refractivity contribution is 5.89. The molecule has 0 atom stereocenters. The van der Waals surface area contributed by atoms with E-state index in [9.17, 15) is 9.59 Å². The molecule has 0 unspecified atom stereocenters. The van der Waals surface area contributed by atoms with Gasteiger partial charge in [0.2, 0.25) is 5.91 Å². The lowest BCUT2D eigenvalue weighted by molar-refractivity contribution is -0.116. The fourth-order valence-electron chi connectivity index (χ4n) is 2.61. The van der Waals surface area contributed by atoms with Gasteiger partial charge in [-0.25, -0.2) is 4.68 Å². The second-order valence-electron chi connectivity index (χ2n) is 5.89. The monoisotopic (exact) mass is 384 g/mol. The average molecular weight is 384 g/mol. The predicted molar refractivity (Wildman–Crippen MR) is 101 cm³/mol. The van der Waals surface area contributed by atoms with E-state index in [-0.39, 0.29) is 24.4 Å². The van der Waals surface area contributed by atoms with E-state index in [0.29, 0.717) is 29.4 Å². The lowest BCUT2D eigenvalue weighted by atomic mass is 10.1. The Morgan fingerprint density at radius 1 is 1.18 bits per heavy atom. The summed E-state index contributed by atoms with van der Waals surface area (Å²) < 4.78 is 16.5. The van der Waals surface area contributed by atoms with E-state index < -0.39 is 0 Å². The minimum Gasteiger partial charge on any atom is -0.497 e. The number of hydrogen-bond acceptors (Lipinski definition) is 7. The van der Waals surface area contributed by atoms with Crippen molar-refractivity contribution >= 4 is 11.7 Å². The average Bonchev–Trinajstić information content (AvgIpc) is 3.22. The number of nitrogens with one attached hydrogen (secondary N) is 1. The van der Waals surface area contributed by atoms with Crippen molar-refractivity contribution in [2.45, 2.75) is 19.4 Å². The van der Waals surface area contributed by atoms with Gasteiger partial charge in [0.1, 0.15) is 17.7 Å². The second kappa shape index (κ2) is 8.85. The van der Waals surface area contributed by atoms with Crippen molar-refractivity contribution in [3.05, 3.63) is 53.0 Å². The maximum absolute atomic E-state index is 12.3. The highest BCUT2D eigenvalue weighted by atomic mass is 16.5. The quantitative estimate of drug-likeness (QED) is 0.635. The van der Waals surface area contributed by atoms with Crippen LogP contribution < -0.4 is 20.3 Å². The lowest BCUT2D eigenvalue weighted by Gasteiger charge is -2.11. The van der Waals surface area contributed by atoms with E-state index in [0.717, 1.165) is 5.56 Å². The summed E-state index contributed by atoms with van der Waals surface area (Å²) in [4.78, 5) is 24.2. The lowest BCUT2D eigenvalue weighted by Crippen LogP contribution is -2.24. The number of carbonyl (C=O) groups is 1. The first kappa shape index (κ1) is 19.2. The van der Waals surface area contributed by atoms with E-state index in [1.807, 2.05) is 12.1 Å². The van der Waals surface area contributed by atoms with Gasteiger partial charge in [0.15, 0.2) is 11.6 Å². The molecule has 9 nitrogen and oxygen atoms in total. The number of amides is 1. The smallest absolute Gasteiger partial charge is 0.270 e. The number of carbonyl (C=O) groups excluding carboxylic acids is 1. The predicted octanol–water partition coefficient (Wildman–Crippen LogP) is 2.33. The molecule has 1 N–H and O–H groups in total. The van der Waals surface area contributed by atoms with E-state index >= 15 is 0 Å². The summed E-state index contributed by atoms with van der Waals surface area (Å²) >= 11 is 0. The van der Waals surface area contributed by atoms with Crippen LogP contribution >= 0.6 is 0 Å². The van der Waals surface area contributed by atoms with Crippen molar-refractivity contribution in [3.8, 4) is 22.8 Å². The van der Waals surface area contributed by atoms with E-state index in [2.05, 4.69) is 20.1 Å². The largest absolute Gasteiger partial charge is 0.497 e. The maximum Gasteiger partial charge on any atom is 0.270 e. The number of nitrogens with zero attached hydrogens (tertiary/aromatic N) is 3. The van der Waals surface area contributed by atoms with Crippen molar-refractivity contribution in [1.82, 2.24) is 14.9 Å². The second-order valence-corrected chi connectivity index (χ2v) is 5.89. The zero-order valence-electron chi connectivity index (χ0n) is 15.5. The maximum atomic E-state index is 12.3. The van der Waals surface area contributed by atoms with Crippen LogP contribution in [0.3, 0.4) is 0 Å². The Hall–Kier alpha value is -3.62. The third-order valence-corrected chi connectivity index (χ3v) is 4.03. The molecule has 0 fully saturated rings. The molecule has 0 saturated heterocycles. The van der Waals surface area contributed by atoms with Gasteiger partial charge in [-0.2, -0.15) is 5.10 Å². The molecule has 2 aromatic heterocycles. The zero-order valence-corrected chi connectivity index (χ0v) is 15.5.